The van der Waals surface area contributed by atoms with E-state index in [1.54, 1.807) is 0 Å². The Hall–Kier alpha value is -1.69. The molecule has 1 saturated heterocycles. The zero-order valence-electron chi connectivity index (χ0n) is 14.0. The molecular weight excluding hydrogens is 276 g/mol. The number of aromatic amines is 1. The summed E-state index contributed by atoms with van der Waals surface area (Å²) in [7, 11) is 0. The topological polar surface area (TPSA) is 62.6 Å². The van der Waals surface area contributed by atoms with E-state index in [4.69, 9.17) is 0 Å². The zero-order valence-corrected chi connectivity index (χ0v) is 14.0. The maximum absolute atomic E-state index is 4.65. The second-order valence-electron chi connectivity index (χ2n) is 7.43. The highest BCUT2D eigenvalue weighted by atomic mass is 15.3. The molecule has 0 radical (unpaired) electrons. The van der Waals surface area contributed by atoms with E-state index in [9.17, 15) is 0 Å². The summed E-state index contributed by atoms with van der Waals surface area (Å²) in [4.78, 5) is 11.3. The average Bonchev–Trinajstić information content (AvgIpc) is 3.11. The number of imidazole rings is 1. The van der Waals surface area contributed by atoms with Gasteiger partial charge in [0, 0.05) is 30.4 Å². The fourth-order valence-corrected chi connectivity index (χ4v) is 3.02. The zero-order chi connectivity index (χ0) is 15.7. The lowest BCUT2D eigenvalue weighted by atomic mass is 9.93. The van der Waals surface area contributed by atoms with Gasteiger partial charge < -0.3 is 4.57 Å². The number of H-pyrrole nitrogens is 1. The summed E-state index contributed by atoms with van der Waals surface area (Å²) in [6.45, 7) is 11.7. The molecule has 0 amide bonds. The summed E-state index contributed by atoms with van der Waals surface area (Å²) >= 11 is 0. The first kappa shape index (κ1) is 15.2. The monoisotopic (exact) mass is 302 g/mol. The summed E-state index contributed by atoms with van der Waals surface area (Å²) < 4.78 is 2.23. The minimum atomic E-state index is -0.00942. The van der Waals surface area contributed by atoms with Crippen molar-refractivity contribution < 1.29 is 0 Å². The Balaban J connectivity index is 1.67. The van der Waals surface area contributed by atoms with Crippen LogP contribution in [0.5, 0.6) is 0 Å². The number of hydrogen-bond acceptors (Lipinski definition) is 4. The van der Waals surface area contributed by atoms with E-state index in [-0.39, 0.29) is 5.41 Å². The molecule has 1 N–H and O–H groups in total. The van der Waals surface area contributed by atoms with Crippen molar-refractivity contribution >= 4 is 0 Å². The molecule has 0 aromatic carbocycles. The normalized spacial score (nSPS) is 23.8. The van der Waals surface area contributed by atoms with Gasteiger partial charge >= 0.3 is 0 Å². The van der Waals surface area contributed by atoms with Crippen LogP contribution in [0.4, 0.5) is 0 Å². The smallest absolute Gasteiger partial charge is 0.156 e. The van der Waals surface area contributed by atoms with Crippen LogP contribution in [0.2, 0.25) is 0 Å². The van der Waals surface area contributed by atoms with Crippen LogP contribution in [0.3, 0.4) is 0 Å². The number of nitrogens with one attached hydrogen (secondary N) is 1. The Labute approximate surface area is 132 Å². The molecular formula is C16H26N6. The van der Waals surface area contributed by atoms with Crippen molar-refractivity contribution in [3.05, 3.63) is 30.4 Å². The molecule has 22 heavy (non-hydrogen) atoms. The van der Waals surface area contributed by atoms with Crippen molar-refractivity contribution in [2.75, 3.05) is 13.1 Å². The minimum absolute atomic E-state index is 0.00942. The van der Waals surface area contributed by atoms with Gasteiger partial charge in [0.05, 0.1) is 12.9 Å². The summed E-state index contributed by atoms with van der Waals surface area (Å²) in [5, 5.41) is 7.46. The maximum atomic E-state index is 4.65. The van der Waals surface area contributed by atoms with Crippen molar-refractivity contribution in [1.29, 1.82) is 0 Å². The van der Waals surface area contributed by atoms with Crippen molar-refractivity contribution in [2.45, 2.75) is 52.1 Å². The van der Waals surface area contributed by atoms with Crippen LogP contribution >= 0.6 is 0 Å². The van der Waals surface area contributed by atoms with Crippen LogP contribution in [0, 0.1) is 5.92 Å². The molecule has 2 aromatic rings. The Kier molecular flexibility index (Phi) is 4.04. The van der Waals surface area contributed by atoms with Gasteiger partial charge in [-0.2, -0.15) is 5.10 Å². The van der Waals surface area contributed by atoms with E-state index < -0.39 is 0 Å². The quantitative estimate of drug-likeness (QED) is 0.945. The Morgan fingerprint density at radius 1 is 1.36 bits per heavy atom. The van der Waals surface area contributed by atoms with Crippen LogP contribution in [0.15, 0.2) is 18.7 Å². The predicted octanol–water partition coefficient (Wildman–Crippen LogP) is 2.38. The summed E-state index contributed by atoms with van der Waals surface area (Å²) in [5.74, 6) is 2.52. The molecule has 0 bridgehead atoms. The first-order valence-electron chi connectivity index (χ1n) is 8.05. The Morgan fingerprint density at radius 3 is 2.82 bits per heavy atom. The maximum Gasteiger partial charge on any atom is 0.156 e. The summed E-state index contributed by atoms with van der Waals surface area (Å²) in [6, 6.07) is 0.487. The molecule has 1 fully saturated rings. The highest BCUT2D eigenvalue weighted by molar-refractivity contribution is 5.02. The van der Waals surface area contributed by atoms with Gasteiger partial charge in [-0.3, -0.25) is 10.00 Å². The molecule has 3 heterocycles. The van der Waals surface area contributed by atoms with Gasteiger partial charge in [-0.25, -0.2) is 9.97 Å². The molecule has 6 nitrogen and oxygen atoms in total. The standard InChI is InChI=1S/C16H26N6/c1-12-5-7-21(9-13(12)22-8-6-17-11-22)10-14-18-15(20-19-14)16(2,3)4/h6,8,11-13H,5,7,9-10H2,1-4H3,(H,18,19,20). The molecule has 0 spiro atoms. The fourth-order valence-electron chi connectivity index (χ4n) is 3.02. The van der Waals surface area contributed by atoms with Crippen LogP contribution < -0.4 is 0 Å². The van der Waals surface area contributed by atoms with E-state index in [1.165, 1.54) is 6.42 Å². The summed E-state index contributed by atoms with van der Waals surface area (Å²) in [5.41, 5.74) is -0.00942. The van der Waals surface area contributed by atoms with E-state index in [2.05, 4.69) is 63.5 Å². The molecule has 2 atom stereocenters. The molecule has 2 unspecified atom stereocenters. The van der Waals surface area contributed by atoms with E-state index in [0.717, 1.165) is 31.3 Å². The van der Waals surface area contributed by atoms with Crippen LogP contribution in [0.25, 0.3) is 0 Å². The van der Waals surface area contributed by atoms with Gasteiger partial charge in [0.2, 0.25) is 0 Å². The van der Waals surface area contributed by atoms with Crippen molar-refractivity contribution in [2.24, 2.45) is 5.92 Å². The largest absolute Gasteiger partial charge is 0.333 e. The minimum Gasteiger partial charge on any atom is -0.333 e. The molecule has 120 valence electrons. The lowest BCUT2D eigenvalue weighted by Crippen LogP contribution is -2.40. The molecule has 6 heteroatoms. The van der Waals surface area contributed by atoms with E-state index in [1.807, 2.05) is 12.5 Å². The lowest BCUT2D eigenvalue weighted by Gasteiger charge is -2.37. The van der Waals surface area contributed by atoms with Gasteiger partial charge in [0.15, 0.2) is 5.82 Å². The molecule has 2 aromatic heterocycles. The molecule has 1 aliphatic heterocycles. The third-order valence-electron chi connectivity index (χ3n) is 4.49. The number of aromatic nitrogens is 5. The Morgan fingerprint density at radius 2 is 2.18 bits per heavy atom. The van der Waals surface area contributed by atoms with Crippen molar-refractivity contribution in [3.63, 3.8) is 0 Å². The SMILES string of the molecule is CC1CCN(Cc2nc(C(C)(C)C)n[nH]2)CC1n1ccnc1. The van der Waals surface area contributed by atoms with Gasteiger partial charge in [0.25, 0.3) is 0 Å². The number of nitrogens with zero attached hydrogens (tertiary/aromatic N) is 5. The second kappa shape index (κ2) is 5.83. The fraction of sp³-hybridized carbons (Fsp3) is 0.688. The van der Waals surface area contributed by atoms with Gasteiger partial charge in [-0.15, -0.1) is 0 Å². The third-order valence-corrected chi connectivity index (χ3v) is 4.49. The van der Waals surface area contributed by atoms with Crippen LogP contribution in [0.1, 0.15) is 51.8 Å². The number of hydrogen-bond donors (Lipinski definition) is 1. The van der Waals surface area contributed by atoms with E-state index in [0.29, 0.717) is 12.0 Å². The van der Waals surface area contributed by atoms with Crippen molar-refractivity contribution in [1.82, 2.24) is 29.6 Å². The predicted molar refractivity (Wildman–Crippen MR) is 85.4 cm³/mol. The number of rotatable bonds is 3. The molecule has 0 aliphatic carbocycles. The average molecular weight is 302 g/mol. The van der Waals surface area contributed by atoms with Crippen LogP contribution in [-0.4, -0.2) is 42.7 Å². The van der Waals surface area contributed by atoms with Gasteiger partial charge in [-0.05, 0) is 18.9 Å². The number of likely N-dealkylation sites (tertiary alicyclic amines) is 1. The molecule has 1 aliphatic rings. The lowest BCUT2D eigenvalue weighted by molar-refractivity contribution is 0.124. The third kappa shape index (κ3) is 3.21. The van der Waals surface area contributed by atoms with Gasteiger partial charge in [0.1, 0.15) is 5.82 Å². The Bertz CT molecular complexity index is 594. The molecule has 3 rings (SSSR count). The highest BCUT2D eigenvalue weighted by Crippen LogP contribution is 2.28. The second-order valence-corrected chi connectivity index (χ2v) is 7.43. The van der Waals surface area contributed by atoms with Crippen molar-refractivity contribution in [3.8, 4) is 0 Å². The van der Waals surface area contributed by atoms with E-state index >= 15 is 0 Å². The number of piperidine rings is 1. The first-order chi connectivity index (χ1) is 10.4. The summed E-state index contributed by atoms with van der Waals surface area (Å²) in [6.07, 6.45) is 7.05. The van der Waals surface area contributed by atoms with Crippen LogP contribution in [-0.2, 0) is 12.0 Å². The van der Waals surface area contributed by atoms with Gasteiger partial charge in [-0.1, -0.05) is 27.7 Å². The first-order valence-corrected chi connectivity index (χ1v) is 8.05. The highest BCUT2D eigenvalue weighted by Gasteiger charge is 2.28. The molecule has 0 saturated carbocycles.